The molecule has 1 aliphatic heterocycles. The first-order chi connectivity index (χ1) is 22.5. The van der Waals surface area contributed by atoms with E-state index in [1.54, 1.807) is 18.2 Å². The zero-order valence-corrected chi connectivity index (χ0v) is 26.6. The maximum absolute atomic E-state index is 14.8. The molecule has 0 saturated heterocycles. The summed E-state index contributed by atoms with van der Waals surface area (Å²) in [6, 6.07) is 7.40. The first-order valence-corrected chi connectivity index (χ1v) is 15.3. The maximum atomic E-state index is 14.8. The number of ether oxygens (including phenoxy) is 2. The summed E-state index contributed by atoms with van der Waals surface area (Å²) in [6.07, 6.45) is 4.02. The predicted molar refractivity (Wildman–Crippen MR) is 168 cm³/mol. The Morgan fingerprint density at radius 1 is 1.06 bits per heavy atom. The highest BCUT2D eigenvalue weighted by Gasteiger charge is 2.52. The van der Waals surface area contributed by atoms with E-state index in [0.717, 1.165) is 6.07 Å². The van der Waals surface area contributed by atoms with Crippen LogP contribution in [0.25, 0.3) is 11.1 Å². The van der Waals surface area contributed by atoms with Crippen molar-refractivity contribution in [3.05, 3.63) is 77.1 Å². The van der Waals surface area contributed by atoms with Crippen molar-refractivity contribution in [1.82, 2.24) is 25.8 Å². The monoisotopic (exact) mass is 649 g/mol. The molecule has 13 heteroatoms. The Kier molecular flexibility index (Phi) is 9.73. The summed E-state index contributed by atoms with van der Waals surface area (Å²) in [5.74, 6) is -4.05. The van der Waals surface area contributed by atoms with Gasteiger partial charge in [-0.25, -0.2) is 8.78 Å². The largest absolute Gasteiger partial charge is 0.493 e. The topological polar surface area (TPSA) is 139 Å². The third-order valence-electron chi connectivity index (χ3n) is 8.24. The molecule has 47 heavy (non-hydrogen) atoms. The van der Waals surface area contributed by atoms with Gasteiger partial charge in [0.15, 0.2) is 23.1 Å². The number of rotatable bonds is 5. The van der Waals surface area contributed by atoms with Gasteiger partial charge >= 0.3 is 0 Å². The number of fused-ring (bicyclic) bond motifs is 5. The molecular weight excluding hydrogens is 612 g/mol. The number of methoxy groups -OCH3 is 2. The fourth-order valence-electron chi connectivity index (χ4n) is 5.61. The van der Waals surface area contributed by atoms with Crippen molar-refractivity contribution in [1.29, 1.82) is 0 Å². The number of nitrogens with one attached hydrogen (secondary N) is 3. The van der Waals surface area contributed by atoms with E-state index in [4.69, 9.17) is 9.47 Å². The van der Waals surface area contributed by atoms with Gasteiger partial charge in [0.05, 0.1) is 25.3 Å². The lowest BCUT2D eigenvalue weighted by Gasteiger charge is -2.27. The van der Waals surface area contributed by atoms with Gasteiger partial charge in [0, 0.05) is 43.2 Å². The third kappa shape index (κ3) is 7.18. The van der Waals surface area contributed by atoms with Crippen LogP contribution in [0.1, 0.15) is 59.4 Å². The number of hydrogen-bond acceptors (Lipinski definition) is 7. The summed E-state index contributed by atoms with van der Waals surface area (Å²) in [5.41, 5.74) is 0.0480. The van der Waals surface area contributed by atoms with Gasteiger partial charge in [-0.1, -0.05) is 19.9 Å². The molecule has 4 bridgehead atoms. The van der Waals surface area contributed by atoms with Crippen LogP contribution in [0.2, 0.25) is 0 Å². The number of nitrogens with zero attached hydrogens (tertiary/aromatic N) is 2. The summed E-state index contributed by atoms with van der Waals surface area (Å²) in [6.45, 7) is 3.58. The molecule has 2 heterocycles. The van der Waals surface area contributed by atoms with Crippen molar-refractivity contribution in [3.63, 3.8) is 0 Å². The molecule has 1 aromatic heterocycles. The second-order valence-corrected chi connectivity index (χ2v) is 12.2. The summed E-state index contributed by atoms with van der Waals surface area (Å²) in [4.78, 5) is 59.5. The summed E-state index contributed by atoms with van der Waals surface area (Å²) < 4.78 is 40.2. The van der Waals surface area contributed by atoms with Crippen molar-refractivity contribution in [2.75, 3.05) is 27.3 Å². The Morgan fingerprint density at radius 2 is 1.81 bits per heavy atom. The third-order valence-corrected chi connectivity index (χ3v) is 8.24. The van der Waals surface area contributed by atoms with Crippen LogP contribution in [0.3, 0.4) is 0 Å². The van der Waals surface area contributed by atoms with Crippen LogP contribution in [0.15, 0.2) is 48.8 Å². The lowest BCUT2D eigenvalue weighted by Crippen LogP contribution is -2.56. The minimum atomic E-state index is -1.29. The molecule has 1 saturated carbocycles. The van der Waals surface area contributed by atoms with Gasteiger partial charge in [-0.3, -0.25) is 24.2 Å². The van der Waals surface area contributed by atoms with E-state index >= 15 is 0 Å². The standard InChI is InChI=1S/C34H37F2N5O6/c1-19(2)12-26-31(43)38-10-11-41(32(44)23-6-5-7-25(35)28(23)36)18-20-13-24(29(47-4)27(14-20)46-3)21-15-22(17-37-16-21)30(42)40-34(8-9-34)33(45)39-26/h5-7,13-17,19,26H,8-12,18H2,1-4H3,(H,38,43)(H,39,45)(H,40,42)/t26-/m1/s1. The normalized spacial score (nSPS) is 18.1. The quantitative estimate of drug-likeness (QED) is 0.384. The zero-order chi connectivity index (χ0) is 33.9. The Morgan fingerprint density at radius 3 is 2.49 bits per heavy atom. The van der Waals surface area contributed by atoms with Crippen LogP contribution in [-0.2, 0) is 16.1 Å². The minimum absolute atomic E-state index is 0.0377. The highest BCUT2D eigenvalue weighted by atomic mass is 19.2. The molecule has 0 radical (unpaired) electrons. The van der Waals surface area contributed by atoms with Gasteiger partial charge in [0.25, 0.3) is 11.8 Å². The van der Waals surface area contributed by atoms with Crippen molar-refractivity contribution in [2.24, 2.45) is 5.92 Å². The molecule has 248 valence electrons. The summed E-state index contributed by atoms with van der Waals surface area (Å²) in [5, 5.41) is 8.42. The van der Waals surface area contributed by atoms with Crippen molar-refractivity contribution in [3.8, 4) is 22.6 Å². The fourth-order valence-corrected chi connectivity index (χ4v) is 5.61. The molecule has 11 nitrogen and oxygen atoms in total. The Hall–Kier alpha value is -5.07. The van der Waals surface area contributed by atoms with Crippen molar-refractivity contribution < 1.29 is 37.4 Å². The van der Waals surface area contributed by atoms with Gasteiger partial charge in [-0.05, 0) is 61.1 Å². The molecule has 1 aliphatic carbocycles. The Bertz CT molecular complexity index is 1710. The average Bonchev–Trinajstić information content (AvgIpc) is 3.84. The average molecular weight is 650 g/mol. The van der Waals surface area contributed by atoms with E-state index < -0.39 is 52.4 Å². The molecule has 4 amide bonds. The molecule has 3 N–H and O–H groups in total. The molecule has 0 unspecified atom stereocenters. The van der Waals surface area contributed by atoms with E-state index in [0.29, 0.717) is 47.5 Å². The molecule has 2 aliphatic rings. The predicted octanol–water partition coefficient (Wildman–Crippen LogP) is 3.61. The first-order valence-electron chi connectivity index (χ1n) is 15.3. The second-order valence-electron chi connectivity index (χ2n) is 12.2. The van der Waals surface area contributed by atoms with Crippen molar-refractivity contribution in [2.45, 2.75) is 51.2 Å². The number of aromatic nitrogens is 1. The molecular formula is C34H37F2N5O6. The minimum Gasteiger partial charge on any atom is -0.493 e. The molecule has 1 spiro atoms. The molecule has 5 rings (SSSR count). The van der Waals surface area contributed by atoms with E-state index in [2.05, 4.69) is 20.9 Å². The van der Waals surface area contributed by atoms with Crippen LogP contribution in [0.5, 0.6) is 11.5 Å². The number of pyridine rings is 1. The van der Waals surface area contributed by atoms with E-state index in [1.165, 1.54) is 43.6 Å². The smallest absolute Gasteiger partial charge is 0.257 e. The van der Waals surface area contributed by atoms with Crippen molar-refractivity contribution >= 4 is 23.6 Å². The number of halogens is 2. The van der Waals surface area contributed by atoms with Crippen LogP contribution in [0.4, 0.5) is 8.78 Å². The highest BCUT2D eigenvalue weighted by Crippen LogP contribution is 2.40. The van der Waals surface area contributed by atoms with E-state index in [9.17, 15) is 28.0 Å². The van der Waals surface area contributed by atoms with E-state index in [1.807, 2.05) is 13.8 Å². The molecule has 2 aromatic carbocycles. The number of carbonyl (C=O) groups is 4. The molecule has 3 aromatic rings. The number of hydrogen-bond donors (Lipinski definition) is 3. The SMILES string of the molecule is COc1cc2cc(c1OC)-c1cncc(c1)C(=O)NC1(CC1)C(=O)N[C@H](CC(C)C)C(=O)NCCN(C(=O)c1cccc(F)c1F)C2. The van der Waals surface area contributed by atoms with Gasteiger partial charge in [-0.2, -0.15) is 0 Å². The van der Waals surface area contributed by atoms with Crippen LogP contribution in [-0.4, -0.2) is 72.4 Å². The first kappa shape index (κ1) is 33.3. The second kappa shape index (κ2) is 13.7. The molecule has 1 fully saturated rings. The number of benzene rings is 2. The van der Waals surface area contributed by atoms with Crippen LogP contribution < -0.4 is 25.4 Å². The summed E-state index contributed by atoms with van der Waals surface area (Å²) in [7, 11) is 2.90. The van der Waals surface area contributed by atoms with Gasteiger partial charge in [-0.15, -0.1) is 0 Å². The number of carbonyl (C=O) groups excluding carboxylic acids is 4. The zero-order valence-electron chi connectivity index (χ0n) is 26.6. The Labute approximate surface area is 271 Å². The lowest BCUT2D eigenvalue weighted by molar-refractivity contribution is -0.130. The number of amides is 4. The van der Waals surface area contributed by atoms with Crippen LogP contribution >= 0.6 is 0 Å². The maximum Gasteiger partial charge on any atom is 0.257 e. The van der Waals surface area contributed by atoms with Gasteiger partial charge in [0.2, 0.25) is 11.8 Å². The van der Waals surface area contributed by atoms with E-state index in [-0.39, 0.29) is 31.1 Å². The lowest BCUT2D eigenvalue weighted by atomic mass is 10.00. The Balaban J connectivity index is 1.60. The summed E-state index contributed by atoms with van der Waals surface area (Å²) >= 11 is 0. The highest BCUT2D eigenvalue weighted by molar-refractivity contribution is 6.02. The van der Waals surface area contributed by atoms with Crippen LogP contribution in [0, 0.1) is 17.6 Å². The van der Waals surface area contributed by atoms with Gasteiger partial charge in [0.1, 0.15) is 11.6 Å². The molecule has 1 atom stereocenters. The van der Waals surface area contributed by atoms with Gasteiger partial charge < -0.3 is 30.3 Å². The fraction of sp³-hybridized carbons (Fsp3) is 0.382.